The van der Waals surface area contributed by atoms with Gasteiger partial charge in [0, 0.05) is 18.7 Å². The van der Waals surface area contributed by atoms with Crippen molar-refractivity contribution < 1.29 is 24.2 Å². The number of aliphatic hydroxyl groups is 1. The highest BCUT2D eigenvalue weighted by atomic mass is 16.6. The molecule has 1 amide bonds. The van der Waals surface area contributed by atoms with E-state index in [1.54, 1.807) is 24.3 Å². The monoisotopic (exact) mass is 355 g/mol. The minimum absolute atomic E-state index is 0.100. The topological polar surface area (TPSA) is 76.1 Å². The second kappa shape index (κ2) is 8.49. The Labute approximate surface area is 152 Å². The number of likely N-dealkylation sites (tertiary alicyclic amines) is 1. The van der Waals surface area contributed by atoms with Crippen molar-refractivity contribution in [3.8, 4) is 0 Å². The standard InChI is InChI=1S/C20H21NO5/c22-17-11-12-21(13-17)20(24)26-18(16-9-5-2-6-10-16)19(23)25-14-15-7-3-1-4-8-15/h1-10,17-18,22H,11-14H2. The van der Waals surface area contributed by atoms with Crippen LogP contribution in [0.25, 0.3) is 0 Å². The van der Waals surface area contributed by atoms with Crippen LogP contribution in [-0.4, -0.2) is 41.3 Å². The van der Waals surface area contributed by atoms with E-state index in [0.717, 1.165) is 5.56 Å². The van der Waals surface area contributed by atoms with E-state index >= 15 is 0 Å². The van der Waals surface area contributed by atoms with E-state index < -0.39 is 24.3 Å². The third kappa shape index (κ3) is 4.61. The number of rotatable bonds is 5. The Morgan fingerprint density at radius 2 is 1.73 bits per heavy atom. The molecule has 26 heavy (non-hydrogen) atoms. The first-order valence-electron chi connectivity index (χ1n) is 8.52. The lowest BCUT2D eigenvalue weighted by Crippen LogP contribution is -2.33. The summed E-state index contributed by atoms with van der Waals surface area (Å²) >= 11 is 0. The number of esters is 1. The fourth-order valence-electron chi connectivity index (χ4n) is 2.77. The number of hydrogen-bond donors (Lipinski definition) is 1. The van der Waals surface area contributed by atoms with Crippen LogP contribution >= 0.6 is 0 Å². The number of nitrogens with zero attached hydrogens (tertiary/aromatic N) is 1. The zero-order valence-electron chi connectivity index (χ0n) is 14.3. The molecule has 3 rings (SSSR count). The molecule has 2 aromatic carbocycles. The number of aliphatic hydroxyl groups excluding tert-OH is 1. The molecule has 136 valence electrons. The van der Waals surface area contributed by atoms with Crippen LogP contribution in [0.15, 0.2) is 60.7 Å². The van der Waals surface area contributed by atoms with Gasteiger partial charge in [0.05, 0.1) is 6.10 Å². The van der Waals surface area contributed by atoms with E-state index in [4.69, 9.17) is 9.47 Å². The van der Waals surface area contributed by atoms with Crippen LogP contribution in [0.5, 0.6) is 0 Å². The average Bonchev–Trinajstić information content (AvgIpc) is 3.12. The number of hydrogen-bond acceptors (Lipinski definition) is 5. The predicted molar refractivity (Wildman–Crippen MR) is 94.1 cm³/mol. The fourth-order valence-corrected chi connectivity index (χ4v) is 2.77. The predicted octanol–water partition coefficient (Wildman–Crippen LogP) is 2.67. The summed E-state index contributed by atoms with van der Waals surface area (Å²) in [5.41, 5.74) is 1.39. The molecular formula is C20H21NO5. The van der Waals surface area contributed by atoms with Gasteiger partial charge in [0.2, 0.25) is 6.10 Å². The summed E-state index contributed by atoms with van der Waals surface area (Å²) in [6.45, 7) is 0.711. The first-order valence-corrected chi connectivity index (χ1v) is 8.52. The van der Waals surface area contributed by atoms with Crippen LogP contribution in [0.4, 0.5) is 4.79 Å². The van der Waals surface area contributed by atoms with E-state index in [9.17, 15) is 14.7 Å². The van der Waals surface area contributed by atoms with Gasteiger partial charge in [-0.25, -0.2) is 9.59 Å². The van der Waals surface area contributed by atoms with Crippen molar-refractivity contribution in [1.82, 2.24) is 4.90 Å². The van der Waals surface area contributed by atoms with E-state index in [2.05, 4.69) is 0 Å². The number of amides is 1. The Morgan fingerprint density at radius 3 is 2.35 bits per heavy atom. The minimum atomic E-state index is -1.15. The maximum Gasteiger partial charge on any atom is 0.411 e. The van der Waals surface area contributed by atoms with Gasteiger partial charge in [0.15, 0.2) is 0 Å². The normalized spacial score (nSPS) is 17.6. The molecule has 1 heterocycles. The summed E-state index contributed by atoms with van der Waals surface area (Å²) in [6.07, 6.45) is -1.83. The van der Waals surface area contributed by atoms with Gasteiger partial charge >= 0.3 is 12.1 Å². The molecule has 6 heteroatoms. The largest absolute Gasteiger partial charge is 0.458 e. The molecule has 0 aromatic heterocycles. The van der Waals surface area contributed by atoms with Crippen LogP contribution < -0.4 is 0 Å². The van der Waals surface area contributed by atoms with Gasteiger partial charge in [-0.3, -0.25) is 0 Å². The molecule has 1 N–H and O–H groups in total. The molecule has 2 aromatic rings. The van der Waals surface area contributed by atoms with Crippen molar-refractivity contribution in [1.29, 1.82) is 0 Å². The molecule has 2 unspecified atom stereocenters. The first-order chi connectivity index (χ1) is 12.6. The quantitative estimate of drug-likeness (QED) is 0.835. The lowest BCUT2D eigenvalue weighted by Gasteiger charge is -2.21. The lowest BCUT2D eigenvalue weighted by molar-refractivity contribution is -0.156. The molecule has 1 saturated heterocycles. The summed E-state index contributed by atoms with van der Waals surface area (Å²) in [5.74, 6) is -0.631. The van der Waals surface area contributed by atoms with Crippen molar-refractivity contribution in [3.05, 3.63) is 71.8 Å². The van der Waals surface area contributed by atoms with E-state index in [0.29, 0.717) is 18.5 Å². The first kappa shape index (κ1) is 17.9. The SMILES string of the molecule is O=C(OCc1ccccc1)C(OC(=O)N1CCC(O)C1)c1ccccc1. The van der Waals surface area contributed by atoms with Crippen molar-refractivity contribution in [2.24, 2.45) is 0 Å². The molecular weight excluding hydrogens is 334 g/mol. The molecule has 0 radical (unpaired) electrons. The second-order valence-electron chi connectivity index (χ2n) is 6.16. The Kier molecular flexibility index (Phi) is 5.86. The van der Waals surface area contributed by atoms with Gasteiger partial charge in [-0.1, -0.05) is 60.7 Å². The molecule has 2 atom stereocenters. The summed E-state index contributed by atoms with van der Waals surface area (Å²) in [5, 5.41) is 9.58. The molecule has 0 bridgehead atoms. The summed E-state index contributed by atoms with van der Waals surface area (Å²) in [4.78, 5) is 26.3. The summed E-state index contributed by atoms with van der Waals surface area (Å²) in [7, 11) is 0. The second-order valence-corrected chi connectivity index (χ2v) is 6.16. The average molecular weight is 355 g/mol. The minimum Gasteiger partial charge on any atom is -0.458 e. The molecule has 0 aliphatic carbocycles. The van der Waals surface area contributed by atoms with Gasteiger partial charge in [0.1, 0.15) is 6.61 Å². The van der Waals surface area contributed by atoms with Crippen molar-refractivity contribution in [3.63, 3.8) is 0 Å². The van der Waals surface area contributed by atoms with Crippen molar-refractivity contribution >= 4 is 12.1 Å². The number of β-amino-alcohol motifs (C(OH)–C–C–N with tert-alkyl or cyclic N) is 1. The Bertz CT molecular complexity index is 734. The molecule has 1 fully saturated rings. The summed E-state index contributed by atoms with van der Waals surface area (Å²) < 4.78 is 10.8. The molecule has 6 nitrogen and oxygen atoms in total. The highest BCUT2D eigenvalue weighted by molar-refractivity contribution is 5.80. The molecule has 0 spiro atoms. The van der Waals surface area contributed by atoms with E-state index in [-0.39, 0.29) is 13.2 Å². The zero-order valence-corrected chi connectivity index (χ0v) is 14.3. The highest BCUT2D eigenvalue weighted by Crippen LogP contribution is 2.22. The summed E-state index contributed by atoms with van der Waals surface area (Å²) in [6, 6.07) is 18.1. The third-order valence-electron chi connectivity index (χ3n) is 4.18. The van der Waals surface area contributed by atoms with Crippen molar-refractivity contribution in [2.75, 3.05) is 13.1 Å². The molecule has 1 aliphatic rings. The number of carbonyl (C=O) groups excluding carboxylic acids is 2. The number of carbonyl (C=O) groups is 2. The van der Waals surface area contributed by atoms with Crippen LogP contribution in [0.2, 0.25) is 0 Å². The zero-order chi connectivity index (χ0) is 18.4. The van der Waals surface area contributed by atoms with Gasteiger partial charge in [-0.2, -0.15) is 0 Å². The van der Waals surface area contributed by atoms with Gasteiger partial charge in [-0.15, -0.1) is 0 Å². The fraction of sp³-hybridized carbons (Fsp3) is 0.300. The maximum atomic E-state index is 12.6. The van der Waals surface area contributed by atoms with Crippen molar-refractivity contribution in [2.45, 2.75) is 25.2 Å². The number of benzene rings is 2. The maximum absolute atomic E-state index is 12.6. The molecule has 0 saturated carbocycles. The number of ether oxygens (including phenoxy) is 2. The van der Waals surface area contributed by atoms with Crippen LogP contribution in [0, 0.1) is 0 Å². The van der Waals surface area contributed by atoms with E-state index in [1.807, 2.05) is 36.4 Å². The third-order valence-corrected chi connectivity index (χ3v) is 4.18. The molecule has 1 aliphatic heterocycles. The highest BCUT2D eigenvalue weighted by Gasteiger charge is 2.32. The van der Waals surface area contributed by atoms with Crippen LogP contribution in [0.1, 0.15) is 23.7 Å². The van der Waals surface area contributed by atoms with Gasteiger partial charge in [-0.05, 0) is 12.0 Å². The Morgan fingerprint density at radius 1 is 1.08 bits per heavy atom. The van der Waals surface area contributed by atoms with Gasteiger partial charge < -0.3 is 19.5 Å². The van der Waals surface area contributed by atoms with Crippen LogP contribution in [0.3, 0.4) is 0 Å². The van der Waals surface area contributed by atoms with Gasteiger partial charge in [0.25, 0.3) is 0 Å². The van der Waals surface area contributed by atoms with Crippen LogP contribution in [-0.2, 0) is 20.9 Å². The van der Waals surface area contributed by atoms with E-state index in [1.165, 1.54) is 4.90 Å². The lowest BCUT2D eigenvalue weighted by atomic mass is 10.1. The Hall–Kier alpha value is -2.86. The Balaban J connectivity index is 1.69. The smallest absolute Gasteiger partial charge is 0.411 e.